The molecule has 2 amide bonds. The van der Waals surface area contributed by atoms with Crippen LogP contribution in [-0.2, 0) is 4.74 Å². The minimum atomic E-state index is -0.0120. The molecule has 0 radical (unpaired) electrons. The van der Waals surface area contributed by atoms with Gasteiger partial charge in [0, 0.05) is 56.9 Å². The van der Waals surface area contributed by atoms with E-state index < -0.39 is 0 Å². The zero-order valence-corrected chi connectivity index (χ0v) is 17.9. The lowest BCUT2D eigenvalue weighted by atomic mass is 10.1. The highest BCUT2D eigenvalue weighted by atomic mass is 16.5. The number of piperazine rings is 1. The normalized spacial score (nSPS) is 19.8. The van der Waals surface area contributed by atoms with Crippen molar-refractivity contribution in [3.05, 3.63) is 65.7 Å². The lowest BCUT2D eigenvalue weighted by Crippen LogP contribution is -2.54. The van der Waals surface area contributed by atoms with E-state index in [4.69, 9.17) is 9.47 Å². The number of hydrogen-bond acceptors (Lipinski definition) is 5. The van der Waals surface area contributed by atoms with Gasteiger partial charge in [0.1, 0.15) is 5.75 Å². The fourth-order valence-electron chi connectivity index (χ4n) is 4.14. The van der Waals surface area contributed by atoms with Crippen LogP contribution < -0.4 is 4.74 Å². The Labute approximate surface area is 183 Å². The van der Waals surface area contributed by atoms with Gasteiger partial charge in [-0.1, -0.05) is 24.3 Å². The first-order valence-corrected chi connectivity index (χ1v) is 10.8. The first-order valence-electron chi connectivity index (χ1n) is 10.8. The van der Waals surface area contributed by atoms with Crippen LogP contribution in [0.4, 0.5) is 0 Å². The lowest BCUT2D eigenvalue weighted by Gasteiger charge is -2.39. The van der Waals surface area contributed by atoms with Crippen molar-refractivity contribution in [3.8, 4) is 5.75 Å². The molecule has 164 valence electrons. The average molecular weight is 424 g/mol. The summed E-state index contributed by atoms with van der Waals surface area (Å²) in [6, 6.07) is 16.7. The molecule has 0 saturated carbocycles. The topological polar surface area (TPSA) is 62.3 Å². The summed E-state index contributed by atoms with van der Waals surface area (Å²) in [5, 5.41) is 0. The highest BCUT2D eigenvalue weighted by Crippen LogP contribution is 2.17. The predicted molar refractivity (Wildman–Crippen MR) is 117 cm³/mol. The Balaban J connectivity index is 1.27. The maximum atomic E-state index is 12.8. The van der Waals surface area contributed by atoms with Crippen molar-refractivity contribution in [3.63, 3.8) is 0 Å². The third kappa shape index (κ3) is 5.24. The molecule has 2 fully saturated rings. The van der Waals surface area contributed by atoms with Crippen molar-refractivity contribution in [2.45, 2.75) is 6.10 Å². The number of nitrogens with zero attached hydrogens (tertiary/aromatic N) is 3. The minimum absolute atomic E-state index is 0.0120. The predicted octanol–water partition coefficient (Wildman–Crippen LogP) is 1.99. The molecule has 0 bridgehead atoms. The van der Waals surface area contributed by atoms with Crippen LogP contribution >= 0.6 is 0 Å². The number of hydrogen-bond donors (Lipinski definition) is 0. The smallest absolute Gasteiger partial charge is 0.254 e. The molecule has 7 heteroatoms. The van der Waals surface area contributed by atoms with E-state index in [1.165, 1.54) is 0 Å². The summed E-state index contributed by atoms with van der Waals surface area (Å²) < 4.78 is 11.2. The molecule has 31 heavy (non-hydrogen) atoms. The molecule has 0 spiro atoms. The second-order valence-corrected chi connectivity index (χ2v) is 7.93. The number of amides is 2. The van der Waals surface area contributed by atoms with Gasteiger partial charge < -0.3 is 19.3 Å². The van der Waals surface area contributed by atoms with Crippen molar-refractivity contribution in [1.29, 1.82) is 0 Å². The third-order valence-corrected chi connectivity index (χ3v) is 5.88. The maximum absolute atomic E-state index is 12.8. The first-order chi connectivity index (χ1) is 15.1. The molecule has 1 unspecified atom stereocenters. The highest BCUT2D eigenvalue weighted by molar-refractivity contribution is 5.95. The number of carbonyl (C=O) groups is 2. The number of morpholine rings is 1. The molecule has 1 atom stereocenters. The van der Waals surface area contributed by atoms with Crippen molar-refractivity contribution in [2.24, 2.45) is 0 Å². The third-order valence-electron chi connectivity index (χ3n) is 5.88. The van der Waals surface area contributed by atoms with Gasteiger partial charge in [-0.25, -0.2) is 0 Å². The van der Waals surface area contributed by atoms with Gasteiger partial charge in [-0.05, 0) is 30.3 Å². The van der Waals surface area contributed by atoms with E-state index in [1.54, 1.807) is 13.2 Å². The Morgan fingerprint density at radius 2 is 1.61 bits per heavy atom. The number of rotatable bonds is 5. The van der Waals surface area contributed by atoms with E-state index in [9.17, 15) is 9.59 Å². The van der Waals surface area contributed by atoms with E-state index in [1.807, 2.05) is 58.3 Å². The van der Waals surface area contributed by atoms with Crippen molar-refractivity contribution in [2.75, 3.05) is 59.5 Å². The summed E-state index contributed by atoms with van der Waals surface area (Å²) in [6.45, 7) is 5.47. The van der Waals surface area contributed by atoms with E-state index in [2.05, 4.69) is 4.90 Å². The van der Waals surface area contributed by atoms with Crippen molar-refractivity contribution < 1.29 is 19.1 Å². The fraction of sp³-hybridized carbons (Fsp3) is 0.417. The Bertz CT molecular complexity index is 897. The number of benzene rings is 2. The molecule has 7 nitrogen and oxygen atoms in total. The molecule has 2 aromatic rings. The minimum Gasteiger partial charge on any atom is -0.497 e. The zero-order chi connectivity index (χ0) is 21.6. The monoisotopic (exact) mass is 423 g/mol. The molecule has 2 aliphatic heterocycles. The molecule has 2 heterocycles. The van der Waals surface area contributed by atoms with Gasteiger partial charge in [-0.2, -0.15) is 0 Å². The Hall–Kier alpha value is -2.90. The van der Waals surface area contributed by atoms with Crippen LogP contribution in [0.5, 0.6) is 5.75 Å². The highest BCUT2D eigenvalue weighted by Gasteiger charge is 2.29. The molecule has 0 N–H and O–H groups in total. The van der Waals surface area contributed by atoms with E-state index in [0.29, 0.717) is 49.7 Å². The van der Waals surface area contributed by atoms with Crippen LogP contribution in [0.3, 0.4) is 0 Å². The summed E-state index contributed by atoms with van der Waals surface area (Å²) in [5.41, 5.74) is 1.37. The van der Waals surface area contributed by atoms with E-state index >= 15 is 0 Å². The van der Waals surface area contributed by atoms with Crippen LogP contribution in [0.2, 0.25) is 0 Å². The zero-order valence-electron chi connectivity index (χ0n) is 17.9. The van der Waals surface area contributed by atoms with E-state index in [0.717, 1.165) is 19.6 Å². The van der Waals surface area contributed by atoms with E-state index in [-0.39, 0.29) is 17.9 Å². The Kier molecular flexibility index (Phi) is 6.84. The van der Waals surface area contributed by atoms with Crippen LogP contribution in [-0.4, -0.2) is 92.1 Å². The first kappa shape index (κ1) is 21.3. The molecule has 0 aromatic heterocycles. The summed E-state index contributed by atoms with van der Waals surface area (Å²) in [4.78, 5) is 31.6. The molecule has 2 aliphatic rings. The average Bonchev–Trinajstić information content (AvgIpc) is 2.84. The lowest BCUT2D eigenvalue weighted by molar-refractivity contribution is -0.0399. The fourth-order valence-corrected chi connectivity index (χ4v) is 4.14. The summed E-state index contributed by atoms with van der Waals surface area (Å²) in [6.07, 6.45) is -0.0120. The number of carbonyl (C=O) groups excluding carboxylic acids is 2. The largest absolute Gasteiger partial charge is 0.497 e. The van der Waals surface area contributed by atoms with Crippen LogP contribution in [0.25, 0.3) is 0 Å². The molecule has 0 aliphatic carbocycles. The van der Waals surface area contributed by atoms with Gasteiger partial charge >= 0.3 is 0 Å². The van der Waals surface area contributed by atoms with Crippen molar-refractivity contribution in [1.82, 2.24) is 14.7 Å². The van der Waals surface area contributed by atoms with Gasteiger partial charge in [-0.3, -0.25) is 14.5 Å². The molecule has 4 rings (SSSR count). The molecular weight excluding hydrogens is 394 g/mol. The van der Waals surface area contributed by atoms with Gasteiger partial charge in [-0.15, -0.1) is 0 Å². The summed E-state index contributed by atoms with van der Waals surface area (Å²) >= 11 is 0. The number of methoxy groups -OCH3 is 1. The molecule has 2 aromatic carbocycles. The summed E-state index contributed by atoms with van der Waals surface area (Å²) in [7, 11) is 1.60. The van der Waals surface area contributed by atoms with Gasteiger partial charge in [0.25, 0.3) is 11.8 Å². The molecular formula is C24H29N3O4. The standard InChI is InChI=1S/C24H29N3O4/c1-30-21-9-5-8-20(16-21)24(29)26-12-10-25(11-13-26)17-22-18-27(14-15-31-22)23(28)19-6-3-2-4-7-19/h2-9,16,22H,10-15,17-18H2,1H3. The quantitative estimate of drug-likeness (QED) is 0.736. The van der Waals surface area contributed by atoms with Gasteiger partial charge in [0.2, 0.25) is 0 Å². The van der Waals surface area contributed by atoms with Gasteiger partial charge in [0.05, 0.1) is 19.8 Å². The maximum Gasteiger partial charge on any atom is 0.254 e. The molecule has 2 saturated heterocycles. The Morgan fingerprint density at radius 1 is 0.903 bits per heavy atom. The summed E-state index contributed by atoms with van der Waals surface area (Å²) in [5.74, 6) is 0.781. The van der Waals surface area contributed by atoms with Crippen LogP contribution in [0.15, 0.2) is 54.6 Å². The van der Waals surface area contributed by atoms with Gasteiger partial charge in [0.15, 0.2) is 0 Å². The van der Waals surface area contributed by atoms with Crippen LogP contribution in [0.1, 0.15) is 20.7 Å². The number of ether oxygens (including phenoxy) is 2. The van der Waals surface area contributed by atoms with Crippen LogP contribution in [0, 0.1) is 0 Å². The van der Waals surface area contributed by atoms with Crippen molar-refractivity contribution >= 4 is 11.8 Å². The second-order valence-electron chi connectivity index (χ2n) is 7.93. The second kappa shape index (κ2) is 9.94. The SMILES string of the molecule is COc1cccc(C(=O)N2CCN(CC3CN(C(=O)c4ccccc4)CCO3)CC2)c1. The Morgan fingerprint density at radius 3 is 2.35 bits per heavy atom.